The van der Waals surface area contributed by atoms with Crippen LogP contribution in [0.15, 0.2) is 72.8 Å². The first kappa shape index (κ1) is 20.2. The number of nitrogens with one attached hydrogen (secondary N) is 1. The number of sulfonamides is 1. The quantitative estimate of drug-likeness (QED) is 0.675. The second-order valence-electron chi connectivity index (χ2n) is 7.61. The van der Waals surface area contributed by atoms with Crippen LogP contribution in [0.1, 0.15) is 32.6 Å². The molecule has 0 saturated heterocycles. The minimum absolute atomic E-state index is 0.00761. The van der Waals surface area contributed by atoms with Gasteiger partial charge in [0.15, 0.2) is 0 Å². The summed E-state index contributed by atoms with van der Waals surface area (Å²) >= 11 is 0. The zero-order valence-corrected chi connectivity index (χ0v) is 17.7. The smallest absolute Gasteiger partial charge is 0.254 e. The van der Waals surface area contributed by atoms with Gasteiger partial charge < -0.3 is 4.90 Å². The van der Waals surface area contributed by atoms with Crippen LogP contribution in [0.5, 0.6) is 0 Å². The summed E-state index contributed by atoms with van der Waals surface area (Å²) in [4.78, 5) is 14.6. The molecule has 3 aromatic rings. The Hall–Kier alpha value is -3.12. The molecule has 154 valence electrons. The summed E-state index contributed by atoms with van der Waals surface area (Å²) in [5, 5.41) is 0. The average molecular weight is 421 g/mol. The van der Waals surface area contributed by atoms with Gasteiger partial charge in [-0.05, 0) is 59.9 Å². The minimum atomic E-state index is -3.54. The summed E-state index contributed by atoms with van der Waals surface area (Å²) in [6.07, 6.45) is 0.754. The maximum atomic E-state index is 12.8. The Morgan fingerprint density at radius 2 is 1.70 bits per heavy atom. The summed E-state index contributed by atoms with van der Waals surface area (Å²) in [5.41, 5.74) is 5.04. The van der Waals surface area contributed by atoms with Gasteiger partial charge in [0.25, 0.3) is 5.91 Å². The molecule has 5 nitrogen and oxygen atoms in total. The van der Waals surface area contributed by atoms with E-state index in [9.17, 15) is 13.2 Å². The molecule has 1 N–H and O–H groups in total. The summed E-state index contributed by atoms with van der Waals surface area (Å²) in [6, 6.07) is 22.3. The molecule has 0 unspecified atom stereocenters. The number of anilines is 1. The van der Waals surface area contributed by atoms with Crippen LogP contribution in [0, 0.1) is 6.92 Å². The van der Waals surface area contributed by atoms with E-state index in [4.69, 9.17) is 0 Å². The van der Waals surface area contributed by atoms with Crippen LogP contribution in [-0.4, -0.2) is 25.8 Å². The monoisotopic (exact) mass is 420 g/mol. The number of fused-ring (bicyclic) bond motifs is 1. The number of hydrogen-bond donors (Lipinski definition) is 1. The lowest BCUT2D eigenvalue weighted by Gasteiger charge is -2.29. The van der Waals surface area contributed by atoms with Crippen LogP contribution in [0.2, 0.25) is 0 Å². The van der Waals surface area contributed by atoms with Crippen molar-refractivity contribution in [1.29, 1.82) is 0 Å². The Labute approximate surface area is 177 Å². The molecule has 0 spiro atoms. The molecule has 0 fully saturated rings. The van der Waals surface area contributed by atoms with Crippen molar-refractivity contribution >= 4 is 21.6 Å². The van der Waals surface area contributed by atoms with E-state index in [1.165, 1.54) is 0 Å². The standard InChI is InChI=1S/C24H24N2O3S/c1-18-7-5-6-10-21(18)17-30(28,29)25-23-12-11-19-13-14-26(16-22(19)15-23)24(27)20-8-3-2-4-9-20/h2-12,15,25H,13-14,16-17H2,1H3. The molecular weight excluding hydrogens is 396 g/mol. The minimum Gasteiger partial charge on any atom is -0.334 e. The van der Waals surface area contributed by atoms with E-state index in [2.05, 4.69) is 4.72 Å². The van der Waals surface area contributed by atoms with Gasteiger partial charge >= 0.3 is 0 Å². The van der Waals surface area contributed by atoms with Gasteiger partial charge in [-0.25, -0.2) is 8.42 Å². The molecule has 0 bridgehead atoms. The third-order valence-corrected chi connectivity index (χ3v) is 6.64. The van der Waals surface area contributed by atoms with Gasteiger partial charge in [0.2, 0.25) is 10.0 Å². The second-order valence-corrected chi connectivity index (χ2v) is 9.34. The van der Waals surface area contributed by atoms with Gasteiger partial charge in [0.1, 0.15) is 0 Å². The van der Waals surface area contributed by atoms with Crippen molar-refractivity contribution in [2.75, 3.05) is 11.3 Å². The number of rotatable bonds is 5. The van der Waals surface area contributed by atoms with Crippen molar-refractivity contribution in [3.63, 3.8) is 0 Å². The summed E-state index contributed by atoms with van der Waals surface area (Å²) in [6.45, 7) is 3.03. The van der Waals surface area contributed by atoms with Gasteiger partial charge in [-0.15, -0.1) is 0 Å². The third kappa shape index (κ3) is 4.54. The van der Waals surface area contributed by atoms with E-state index >= 15 is 0 Å². The fourth-order valence-electron chi connectivity index (χ4n) is 3.75. The first-order chi connectivity index (χ1) is 14.4. The van der Waals surface area contributed by atoms with Gasteiger partial charge in [-0.2, -0.15) is 0 Å². The molecule has 0 saturated carbocycles. The zero-order chi connectivity index (χ0) is 21.1. The Morgan fingerprint density at radius 1 is 0.967 bits per heavy atom. The van der Waals surface area contributed by atoms with Gasteiger partial charge in [0.05, 0.1) is 5.75 Å². The number of carbonyl (C=O) groups is 1. The molecule has 1 heterocycles. The van der Waals surface area contributed by atoms with E-state index in [1.807, 2.05) is 78.6 Å². The summed E-state index contributed by atoms with van der Waals surface area (Å²) < 4.78 is 28.0. The molecule has 0 aromatic heterocycles. The van der Waals surface area contributed by atoms with Crippen LogP contribution in [0.25, 0.3) is 0 Å². The van der Waals surface area contributed by atoms with E-state index in [-0.39, 0.29) is 11.7 Å². The Balaban J connectivity index is 1.50. The molecule has 1 amide bonds. The normalized spacial score (nSPS) is 13.6. The molecule has 3 aromatic carbocycles. The molecule has 30 heavy (non-hydrogen) atoms. The SMILES string of the molecule is Cc1ccccc1CS(=O)(=O)Nc1ccc2c(c1)CN(C(=O)c1ccccc1)CC2. The lowest BCUT2D eigenvalue weighted by atomic mass is 9.98. The predicted molar refractivity (Wildman–Crippen MR) is 119 cm³/mol. The van der Waals surface area contributed by atoms with Crippen molar-refractivity contribution in [2.45, 2.75) is 25.6 Å². The molecule has 0 radical (unpaired) electrons. The van der Waals surface area contributed by atoms with Crippen molar-refractivity contribution in [1.82, 2.24) is 4.90 Å². The van der Waals surface area contributed by atoms with Crippen LogP contribution in [0.3, 0.4) is 0 Å². The largest absolute Gasteiger partial charge is 0.334 e. The zero-order valence-electron chi connectivity index (χ0n) is 16.8. The fourth-order valence-corrected chi connectivity index (χ4v) is 5.04. The molecule has 6 heteroatoms. The summed E-state index contributed by atoms with van der Waals surface area (Å²) in [7, 11) is -3.54. The third-order valence-electron chi connectivity index (χ3n) is 5.41. The Bertz CT molecular complexity index is 1170. The predicted octanol–water partition coefficient (Wildman–Crippen LogP) is 4.14. The number of hydrogen-bond acceptors (Lipinski definition) is 3. The van der Waals surface area contributed by atoms with Crippen molar-refractivity contribution in [2.24, 2.45) is 0 Å². The topological polar surface area (TPSA) is 66.5 Å². The first-order valence-electron chi connectivity index (χ1n) is 9.92. The number of benzene rings is 3. The molecule has 1 aliphatic heterocycles. The lowest BCUT2D eigenvalue weighted by Crippen LogP contribution is -2.36. The summed E-state index contributed by atoms with van der Waals surface area (Å²) in [5.74, 6) is -0.0816. The van der Waals surface area contributed by atoms with Crippen molar-refractivity contribution < 1.29 is 13.2 Å². The number of nitrogens with zero attached hydrogens (tertiary/aromatic N) is 1. The van der Waals surface area contributed by atoms with Gasteiger partial charge in [0, 0.05) is 24.3 Å². The lowest BCUT2D eigenvalue weighted by molar-refractivity contribution is 0.0734. The highest BCUT2D eigenvalue weighted by Crippen LogP contribution is 2.25. The van der Waals surface area contributed by atoms with E-state index in [0.29, 0.717) is 24.3 Å². The van der Waals surface area contributed by atoms with Crippen molar-refractivity contribution in [3.8, 4) is 0 Å². The first-order valence-corrected chi connectivity index (χ1v) is 11.6. The van der Waals surface area contributed by atoms with Gasteiger partial charge in [-0.3, -0.25) is 9.52 Å². The second kappa shape index (κ2) is 8.32. The maximum Gasteiger partial charge on any atom is 0.254 e. The number of aryl methyl sites for hydroxylation is 1. The van der Waals surface area contributed by atoms with Crippen molar-refractivity contribution in [3.05, 3.63) is 101 Å². The highest BCUT2D eigenvalue weighted by Gasteiger charge is 2.22. The molecular formula is C24H24N2O3S. The molecule has 0 atom stereocenters. The molecule has 0 aliphatic carbocycles. The van der Waals surface area contributed by atoms with E-state index < -0.39 is 10.0 Å². The fraction of sp³-hybridized carbons (Fsp3) is 0.208. The Morgan fingerprint density at radius 3 is 2.47 bits per heavy atom. The maximum absolute atomic E-state index is 12.8. The highest BCUT2D eigenvalue weighted by molar-refractivity contribution is 7.91. The molecule has 4 rings (SSSR count). The number of carbonyl (C=O) groups excluding carboxylic acids is 1. The molecule has 1 aliphatic rings. The van der Waals surface area contributed by atoms with E-state index in [0.717, 1.165) is 28.7 Å². The van der Waals surface area contributed by atoms with Crippen LogP contribution in [-0.2, 0) is 28.7 Å². The number of amides is 1. The highest BCUT2D eigenvalue weighted by atomic mass is 32.2. The van der Waals surface area contributed by atoms with Gasteiger partial charge in [-0.1, -0.05) is 48.5 Å². The van der Waals surface area contributed by atoms with E-state index in [1.54, 1.807) is 6.07 Å². The average Bonchev–Trinajstić information content (AvgIpc) is 2.74. The van der Waals surface area contributed by atoms with Crippen LogP contribution >= 0.6 is 0 Å². The van der Waals surface area contributed by atoms with Crippen LogP contribution < -0.4 is 4.72 Å². The Kier molecular flexibility index (Phi) is 5.59. The van der Waals surface area contributed by atoms with Crippen LogP contribution in [0.4, 0.5) is 5.69 Å².